The van der Waals surface area contributed by atoms with Crippen LogP contribution in [0, 0.1) is 0 Å². The summed E-state index contributed by atoms with van der Waals surface area (Å²) in [6.45, 7) is 4.02. The summed E-state index contributed by atoms with van der Waals surface area (Å²) in [4.78, 5) is 21.8. The molecule has 3 heterocycles. The van der Waals surface area contributed by atoms with Crippen molar-refractivity contribution in [1.82, 2.24) is 24.6 Å². The van der Waals surface area contributed by atoms with E-state index in [4.69, 9.17) is 16.7 Å². The molecule has 1 amide bonds. The third-order valence-electron chi connectivity index (χ3n) is 6.12. The maximum absolute atomic E-state index is 13.3. The number of nitrogens with zero attached hydrogens (tertiary/aromatic N) is 5. The first-order valence-electron chi connectivity index (χ1n) is 11.4. The molecule has 1 saturated heterocycles. The van der Waals surface area contributed by atoms with Crippen LogP contribution in [0.15, 0.2) is 85.3 Å². The lowest BCUT2D eigenvalue weighted by Gasteiger charge is -2.34. The van der Waals surface area contributed by atoms with E-state index in [1.165, 1.54) is 5.56 Å². The highest BCUT2D eigenvalue weighted by molar-refractivity contribution is 6.30. The van der Waals surface area contributed by atoms with Crippen LogP contribution in [-0.4, -0.2) is 56.7 Å². The van der Waals surface area contributed by atoms with E-state index >= 15 is 0 Å². The van der Waals surface area contributed by atoms with Gasteiger partial charge in [-0.3, -0.25) is 14.7 Å². The number of carbonyl (C=O) groups excluding carboxylic acids is 1. The lowest BCUT2D eigenvalue weighted by atomic mass is 10.1. The van der Waals surface area contributed by atoms with Crippen molar-refractivity contribution in [1.29, 1.82) is 0 Å². The Morgan fingerprint density at radius 3 is 2.38 bits per heavy atom. The Labute approximate surface area is 204 Å². The second-order valence-corrected chi connectivity index (χ2v) is 8.92. The summed E-state index contributed by atoms with van der Waals surface area (Å²) in [5.74, 6) is 0.129. The smallest absolute Gasteiger partial charge is 0.227 e. The van der Waals surface area contributed by atoms with E-state index in [-0.39, 0.29) is 5.91 Å². The van der Waals surface area contributed by atoms with E-state index in [1.807, 2.05) is 82.6 Å². The van der Waals surface area contributed by atoms with Crippen molar-refractivity contribution < 1.29 is 4.79 Å². The molecular formula is C27H26ClN5O. The fraction of sp³-hybridized carbons (Fsp3) is 0.222. The van der Waals surface area contributed by atoms with Gasteiger partial charge in [0.25, 0.3) is 0 Å². The van der Waals surface area contributed by atoms with Crippen molar-refractivity contribution in [3.63, 3.8) is 0 Å². The second-order valence-electron chi connectivity index (χ2n) is 8.48. The molecule has 1 fully saturated rings. The molecule has 1 aliphatic heterocycles. The summed E-state index contributed by atoms with van der Waals surface area (Å²) in [7, 11) is 0. The standard InChI is InChI=1S/C27H26ClN5O/c28-24-10-8-22(9-11-24)27-23(20-33(30-27)25-6-2-1-3-7-25)17-26(34)32-15-13-31(14-16-32)19-21-5-4-12-29-18-21/h1-12,18,20H,13-17,19H2. The topological polar surface area (TPSA) is 54.3 Å². The van der Waals surface area contributed by atoms with Crippen LogP contribution in [0.5, 0.6) is 0 Å². The Kier molecular flexibility index (Phi) is 6.70. The molecule has 34 heavy (non-hydrogen) atoms. The Morgan fingerprint density at radius 1 is 0.912 bits per heavy atom. The number of rotatable bonds is 6. The van der Waals surface area contributed by atoms with Gasteiger partial charge in [0, 0.05) is 67.5 Å². The van der Waals surface area contributed by atoms with Gasteiger partial charge in [0.15, 0.2) is 0 Å². The van der Waals surface area contributed by atoms with Gasteiger partial charge in [-0.15, -0.1) is 0 Å². The van der Waals surface area contributed by atoms with Crippen molar-refractivity contribution in [2.45, 2.75) is 13.0 Å². The number of piperazine rings is 1. The number of hydrogen-bond donors (Lipinski definition) is 0. The number of benzene rings is 2. The first kappa shape index (κ1) is 22.3. The molecule has 0 spiro atoms. The van der Waals surface area contributed by atoms with Gasteiger partial charge in [-0.05, 0) is 35.9 Å². The van der Waals surface area contributed by atoms with Gasteiger partial charge in [-0.1, -0.05) is 48.0 Å². The quantitative estimate of drug-likeness (QED) is 0.416. The minimum Gasteiger partial charge on any atom is -0.340 e. The SMILES string of the molecule is O=C(Cc1cn(-c2ccccc2)nc1-c1ccc(Cl)cc1)N1CCN(Cc2cccnc2)CC1. The fourth-order valence-electron chi connectivity index (χ4n) is 4.28. The summed E-state index contributed by atoms with van der Waals surface area (Å²) in [6.07, 6.45) is 5.97. The predicted octanol–water partition coefficient (Wildman–Crippen LogP) is 4.47. The number of hydrogen-bond acceptors (Lipinski definition) is 4. The first-order valence-corrected chi connectivity index (χ1v) is 11.8. The Balaban J connectivity index is 1.31. The second kappa shape index (κ2) is 10.2. The highest BCUT2D eigenvalue weighted by atomic mass is 35.5. The Bertz CT molecular complexity index is 1230. The van der Waals surface area contributed by atoms with Crippen LogP contribution < -0.4 is 0 Å². The van der Waals surface area contributed by atoms with E-state index in [9.17, 15) is 4.79 Å². The molecule has 0 bridgehead atoms. The zero-order chi connectivity index (χ0) is 23.3. The van der Waals surface area contributed by atoms with Crippen LogP contribution in [-0.2, 0) is 17.8 Å². The molecule has 0 aliphatic carbocycles. The highest BCUT2D eigenvalue weighted by Gasteiger charge is 2.23. The minimum absolute atomic E-state index is 0.129. The van der Waals surface area contributed by atoms with Crippen LogP contribution >= 0.6 is 11.6 Å². The first-order chi connectivity index (χ1) is 16.7. The van der Waals surface area contributed by atoms with Crippen LogP contribution in [0.3, 0.4) is 0 Å². The summed E-state index contributed by atoms with van der Waals surface area (Å²) in [6, 6.07) is 21.6. The van der Waals surface area contributed by atoms with E-state index in [2.05, 4.69) is 16.0 Å². The molecule has 0 N–H and O–H groups in total. The normalized spacial score (nSPS) is 14.3. The third kappa shape index (κ3) is 5.19. The van der Waals surface area contributed by atoms with Crippen molar-refractivity contribution in [2.75, 3.05) is 26.2 Å². The van der Waals surface area contributed by atoms with Crippen molar-refractivity contribution in [2.24, 2.45) is 0 Å². The van der Waals surface area contributed by atoms with Gasteiger partial charge < -0.3 is 4.90 Å². The number of amides is 1. The molecule has 2 aromatic carbocycles. The van der Waals surface area contributed by atoms with Gasteiger partial charge in [0.2, 0.25) is 5.91 Å². The molecule has 0 saturated carbocycles. The Hall–Kier alpha value is -3.48. The fourth-order valence-corrected chi connectivity index (χ4v) is 4.41. The van der Waals surface area contributed by atoms with Crippen LogP contribution in [0.25, 0.3) is 16.9 Å². The zero-order valence-corrected chi connectivity index (χ0v) is 19.6. The van der Waals surface area contributed by atoms with Crippen molar-refractivity contribution in [3.05, 3.63) is 101 Å². The summed E-state index contributed by atoms with van der Waals surface area (Å²) >= 11 is 6.09. The maximum atomic E-state index is 13.3. The molecule has 5 rings (SSSR count). The number of para-hydroxylation sites is 1. The average Bonchev–Trinajstić information content (AvgIpc) is 3.30. The molecule has 7 heteroatoms. The Morgan fingerprint density at radius 2 is 1.68 bits per heavy atom. The molecule has 1 aliphatic rings. The van der Waals surface area contributed by atoms with E-state index in [0.717, 1.165) is 55.2 Å². The predicted molar refractivity (Wildman–Crippen MR) is 134 cm³/mol. The lowest BCUT2D eigenvalue weighted by Crippen LogP contribution is -2.48. The van der Waals surface area contributed by atoms with Crippen molar-refractivity contribution in [3.8, 4) is 16.9 Å². The monoisotopic (exact) mass is 471 g/mol. The van der Waals surface area contributed by atoms with Crippen LogP contribution in [0.1, 0.15) is 11.1 Å². The highest BCUT2D eigenvalue weighted by Crippen LogP contribution is 2.26. The van der Waals surface area contributed by atoms with E-state index < -0.39 is 0 Å². The number of halogens is 1. The summed E-state index contributed by atoms with van der Waals surface area (Å²) < 4.78 is 1.85. The van der Waals surface area contributed by atoms with Crippen LogP contribution in [0.4, 0.5) is 0 Å². The molecule has 0 atom stereocenters. The largest absolute Gasteiger partial charge is 0.340 e. The maximum Gasteiger partial charge on any atom is 0.227 e. The summed E-state index contributed by atoms with van der Waals surface area (Å²) in [5, 5.41) is 5.50. The molecular weight excluding hydrogens is 446 g/mol. The lowest BCUT2D eigenvalue weighted by molar-refractivity contribution is -0.132. The number of aromatic nitrogens is 3. The molecule has 4 aromatic rings. The van der Waals surface area contributed by atoms with Crippen LogP contribution in [0.2, 0.25) is 5.02 Å². The molecule has 2 aromatic heterocycles. The van der Waals surface area contributed by atoms with Crippen molar-refractivity contribution >= 4 is 17.5 Å². The van der Waals surface area contributed by atoms with Gasteiger partial charge >= 0.3 is 0 Å². The van der Waals surface area contributed by atoms with Gasteiger partial charge in [-0.2, -0.15) is 5.10 Å². The zero-order valence-electron chi connectivity index (χ0n) is 18.8. The molecule has 6 nitrogen and oxygen atoms in total. The van der Waals surface area contributed by atoms with E-state index in [0.29, 0.717) is 11.4 Å². The van der Waals surface area contributed by atoms with Gasteiger partial charge in [0.1, 0.15) is 0 Å². The molecule has 0 unspecified atom stereocenters. The molecule has 172 valence electrons. The summed E-state index contributed by atoms with van der Waals surface area (Å²) in [5.41, 5.74) is 4.82. The number of carbonyl (C=O) groups is 1. The van der Waals surface area contributed by atoms with E-state index in [1.54, 1.807) is 6.20 Å². The number of pyridine rings is 1. The van der Waals surface area contributed by atoms with Gasteiger partial charge in [-0.25, -0.2) is 4.68 Å². The minimum atomic E-state index is 0.129. The van der Waals surface area contributed by atoms with Gasteiger partial charge in [0.05, 0.1) is 17.8 Å². The average molecular weight is 472 g/mol. The third-order valence-corrected chi connectivity index (χ3v) is 6.38. The molecule has 0 radical (unpaired) electrons.